The Morgan fingerprint density at radius 3 is 2.54 bits per heavy atom. The lowest BCUT2D eigenvalue weighted by Gasteiger charge is -2.30. The second-order valence-corrected chi connectivity index (χ2v) is 9.42. The first kappa shape index (κ1) is 28.3. The molecule has 1 aromatic heterocycles. The third-order valence-electron chi connectivity index (χ3n) is 5.51. The molecule has 2 heterocycles. The monoisotopic (exact) mass is 498 g/mol. The van der Waals surface area contributed by atoms with Crippen LogP contribution in [-0.2, 0) is 22.5 Å². The fourth-order valence-corrected chi connectivity index (χ4v) is 4.83. The average molecular weight is 499 g/mol. The molecule has 0 saturated carbocycles. The normalized spacial score (nSPS) is 13.7. The summed E-state index contributed by atoms with van der Waals surface area (Å²) >= 11 is 1.44. The molecule has 190 valence electrons. The lowest BCUT2D eigenvalue weighted by Crippen LogP contribution is -2.40. The highest BCUT2D eigenvalue weighted by Crippen LogP contribution is 2.30. The van der Waals surface area contributed by atoms with E-state index in [0.29, 0.717) is 30.3 Å². The molecule has 0 fully saturated rings. The van der Waals surface area contributed by atoms with Crippen LogP contribution < -0.4 is 4.74 Å². The average Bonchev–Trinajstić information content (AvgIpc) is 3.23. The number of rotatable bonds is 7. The fraction of sp³-hybridized carbons (Fsp3) is 0.464. The SMILES string of the molecule is C/C=C\C(=C/C)c1nc(C)c(C(=O)N2CCc3ccc(OC(C)(C)C(=O)OCC)cc3C2)s1.CC. The molecule has 0 N–H and O–H groups in total. The van der Waals surface area contributed by atoms with Gasteiger partial charge in [-0.2, -0.15) is 0 Å². The van der Waals surface area contributed by atoms with Gasteiger partial charge in [0.15, 0.2) is 5.60 Å². The lowest BCUT2D eigenvalue weighted by molar-refractivity contribution is -0.158. The number of amides is 1. The number of aryl methyl sites for hydroxylation is 1. The van der Waals surface area contributed by atoms with Crippen LogP contribution in [0.2, 0.25) is 0 Å². The van der Waals surface area contributed by atoms with Crippen molar-refractivity contribution < 1.29 is 19.1 Å². The topological polar surface area (TPSA) is 68.7 Å². The molecular formula is C28H38N2O4S. The minimum atomic E-state index is -1.10. The van der Waals surface area contributed by atoms with E-state index < -0.39 is 11.6 Å². The first-order valence-electron chi connectivity index (χ1n) is 12.2. The van der Waals surface area contributed by atoms with Gasteiger partial charge in [0.2, 0.25) is 0 Å². The van der Waals surface area contributed by atoms with Crippen molar-refractivity contribution in [3.63, 3.8) is 0 Å². The highest BCUT2D eigenvalue weighted by Gasteiger charge is 2.32. The molecule has 1 aliphatic rings. The van der Waals surface area contributed by atoms with Crippen molar-refractivity contribution in [2.45, 2.75) is 74.0 Å². The highest BCUT2D eigenvalue weighted by atomic mass is 32.1. The van der Waals surface area contributed by atoms with Gasteiger partial charge in [-0.25, -0.2) is 9.78 Å². The Balaban J connectivity index is 0.00000210. The second-order valence-electron chi connectivity index (χ2n) is 8.42. The van der Waals surface area contributed by atoms with Gasteiger partial charge in [0.1, 0.15) is 15.6 Å². The number of hydrogen-bond acceptors (Lipinski definition) is 6. The quantitative estimate of drug-likeness (QED) is 0.327. The molecule has 1 amide bonds. The van der Waals surface area contributed by atoms with Crippen LogP contribution in [0.25, 0.3) is 5.57 Å². The van der Waals surface area contributed by atoms with Gasteiger partial charge in [-0.3, -0.25) is 4.79 Å². The van der Waals surface area contributed by atoms with Gasteiger partial charge in [-0.1, -0.05) is 38.1 Å². The van der Waals surface area contributed by atoms with Gasteiger partial charge in [0.05, 0.1) is 12.3 Å². The number of nitrogens with zero attached hydrogens (tertiary/aromatic N) is 2. The number of benzene rings is 1. The van der Waals surface area contributed by atoms with E-state index in [9.17, 15) is 9.59 Å². The summed E-state index contributed by atoms with van der Waals surface area (Å²) in [5.41, 5.74) is 2.88. The van der Waals surface area contributed by atoms with E-state index in [4.69, 9.17) is 9.47 Å². The van der Waals surface area contributed by atoms with E-state index in [1.807, 2.05) is 75.9 Å². The fourth-order valence-electron chi connectivity index (χ4n) is 3.74. The van der Waals surface area contributed by atoms with Crippen LogP contribution in [0.4, 0.5) is 0 Å². The third-order valence-corrected chi connectivity index (χ3v) is 6.71. The maximum absolute atomic E-state index is 13.4. The summed E-state index contributed by atoms with van der Waals surface area (Å²) in [6.45, 7) is 16.4. The first-order chi connectivity index (χ1) is 16.7. The van der Waals surface area contributed by atoms with Crippen LogP contribution in [0.3, 0.4) is 0 Å². The minimum Gasteiger partial charge on any atom is -0.476 e. The van der Waals surface area contributed by atoms with E-state index in [0.717, 1.165) is 28.3 Å². The number of carbonyl (C=O) groups excluding carboxylic acids is 2. The molecule has 1 aliphatic heterocycles. The number of hydrogen-bond donors (Lipinski definition) is 0. The van der Waals surface area contributed by atoms with E-state index >= 15 is 0 Å². The van der Waals surface area contributed by atoms with Crippen molar-refractivity contribution >= 4 is 28.8 Å². The van der Waals surface area contributed by atoms with Crippen molar-refractivity contribution in [2.75, 3.05) is 13.2 Å². The zero-order chi connectivity index (χ0) is 26.2. The van der Waals surface area contributed by atoms with Crippen LogP contribution in [-0.4, -0.2) is 40.5 Å². The molecule has 0 radical (unpaired) electrons. The van der Waals surface area contributed by atoms with Gasteiger partial charge in [-0.05, 0) is 71.2 Å². The molecule has 0 aliphatic carbocycles. The summed E-state index contributed by atoms with van der Waals surface area (Å²) in [5, 5.41) is 0.853. The Labute approximate surface area is 213 Å². The predicted molar refractivity (Wildman–Crippen MR) is 143 cm³/mol. The first-order valence-corrected chi connectivity index (χ1v) is 13.1. The van der Waals surface area contributed by atoms with Gasteiger partial charge in [0, 0.05) is 18.7 Å². The van der Waals surface area contributed by atoms with Crippen molar-refractivity contribution in [3.05, 3.63) is 63.1 Å². The van der Waals surface area contributed by atoms with Crippen LogP contribution in [0.1, 0.15) is 80.0 Å². The standard InChI is InChI=1S/C26H32N2O4S.C2H6/c1-7-10-18(8-2)23-27-17(4)22(33-23)24(29)28-14-13-19-11-12-21(15-20(19)16-28)32-26(5,6)25(30)31-9-3;1-2/h7-8,10-12,15H,9,13-14,16H2,1-6H3;1-2H3/b10-7-,18-8+;. The van der Waals surface area contributed by atoms with Crippen molar-refractivity contribution in [3.8, 4) is 5.75 Å². The molecule has 0 unspecified atom stereocenters. The molecule has 1 aromatic carbocycles. The smallest absolute Gasteiger partial charge is 0.349 e. The van der Waals surface area contributed by atoms with E-state index in [-0.39, 0.29) is 5.91 Å². The zero-order valence-electron chi connectivity index (χ0n) is 22.2. The summed E-state index contributed by atoms with van der Waals surface area (Å²) in [6, 6.07) is 5.81. The van der Waals surface area contributed by atoms with Crippen molar-refractivity contribution in [1.82, 2.24) is 9.88 Å². The van der Waals surface area contributed by atoms with Crippen LogP contribution in [0.15, 0.2) is 36.4 Å². The maximum Gasteiger partial charge on any atom is 0.349 e. The Hall–Kier alpha value is -2.93. The molecule has 0 spiro atoms. The molecule has 2 aromatic rings. The van der Waals surface area contributed by atoms with E-state index in [2.05, 4.69) is 4.98 Å². The Morgan fingerprint density at radius 2 is 1.91 bits per heavy atom. The third kappa shape index (κ3) is 6.82. The van der Waals surface area contributed by atoms with Crippen molar-refractivity contribution in [2.24, 2.45) is 0 Å². The van der Waals surface area contributed by atoms with E-state index in [1.54, 1.807) is 20.8 Å². The summed E-state index contributed by atoms with van der Waals surface area (Å²) < 4.78 is 11.1. The van der Waals surface area contributed by atoms with E-state index in [1.165, 1.54) is 16.9 Å². The number of allylic oxidation sites excluding steroid dienone is 4. The molecule has 0 saturated heterocycles. The van der Waals surface area contributed by atoms with Crippen LogP contribution in [0, 0.1) is 6.92 Å². The molecule has 0 atom stereocenters. The number of thiazole rings is 1. The maximum atomic E-state index is 13.4. The van der Waals surface area contributed by atoms with Gasteiger partial charge in [-0.15, -0.1) is 11.3 Å². The van der Waals surface area contributed by atoms with Crippen LogP contribution >= 0.6 is 11.3 Å². The molecule has 6 nitrogen and oxygen atoms in total. The minimum absolute atomic E-state index is 0.00370. The molecule has 3 rings (SSSR count). The summed E-state index contributed by atoms with van der Waals surface area (Å²) in [4.78, 5) is 32.7. The number of esters is 1. The predicted octanol–water partition coefficient (Wildman–Crippen LogP) is 6.38. The molecule has 0 bridgehead atoms. The van der Waals surface area contributed by atoms with Gasteiger partial charge >= 0.3 is 5.97 Å². The number of carbonyl (C=O) groups is 2. The number of fused-ring (bicyclic) bond motifs is 1. The molecule has 35 heavy (non-hydrogen) atoms. The Morgan fingerprint density at radius 1 is 1.20 bits per heavy atom. The second kappa shape index (κ2) is 12.7. The molecular weight excluding hydrogens is 460 g/mol. The zero-order valence-corrected chi connectivity index (χ0v) is 23.0. The van der Waals surface area contributed by atoms with Gasteiger partial charge < -0.3 is 14.4 Å². The summed E-state index contributed by atoms with van der Waals surface area (Å²) in [6.07, 6.45) is 6.75. The summed E-state index contributed by atoms with van der Waals surface area (Å²) in [7, 11) is 0. The lowest BCUT2D eigenvalue weighted by atomic mass is 9.99. The number of ether oxygens (including phenoxy) is 2. The number of aromatic nitrogens is 1. The van der Waals surface area contributed by atoms with Gasteiger partial charge in [0.25, 0.3) is 5.91 Å². The summed E-state index contributed by atoms with van der Waals surface area (Å²) in [5.74, 6) is 0.173. The largest absolute Gasteiger partial charge is 0.476 e. The molecule has 7 heteroatoms. The van der Waals surface area contributed by atoms with Crippen LogP contribution in [0.5, 0.6) is 5.75 Å². The van der Waals surface area contributed by atoms with Crippen molar-refractivity contribution in [1.29, 1.82) is 0 Å². The Bertz CT molecular complexity index is 1100. The Kier molecular flexibility index (Phi) is 10.3. The highest BCUT2D eigenvalue weighted by molar-refractivity contribution is 7.14.